The highest BCUT2D eigenvalue weighted by molar-refractivity contribution is 6.14. The van der Waals surface area contributed by atoms with E-state index in [4.69, 9.17) is 26.3 Å². The van der Waals surface area contributed by atoms with Crippen LogP contribution in [0.3, 0.4) is 0 Å². The average molecular weight is 1170 g/mol. The SMILES string of the molecule is [C-]#[N+]c1ccc(-c2ccc3c(c2)c2cc(-c4ccc([N+]#[C-])cc4[N+]#[C-])ccc2n3-c2ccc(-c3ccc(C(F)(F)F)cc3C)c(-c3cc(C#N)ccc3-n3c4ccc(-c5ccc(C#N)cc5C#N)cc4c4cc(-c5ccc([N+]#[C-])cc5C#N)ccc43)c2)c(C#N)c1. The molecule has 2 heterocycles. The van der Waals surface area contributed by atoms with Crippen LogP contribution in [0.15, 0.2) is 200 Å². The van der Waals surface area contributed by atoms with Crippen molar-refractivity contribution in [2.24, 2.45) is 0 Å². The first-order valence-corrected chi connectivity index (χ1v) is 27.9. The first kappa shape index (κ1) is 56.4. The third-order valence-corrected chi connectivity index (χ3v) is 16.5. The Morgan fingerprint density at radius 1 is 0.352 bits per heavy atom. The number of hydrogen-bond acceptors (Lipinski definition) is 5. The zero-order valence-corrected chi connectivity index (χ0v) is 47.6. The molecule has 0 atom stereocenters. The largest absolute Gasteiger partial charge is 0.416 e. The fourth-order valence-electron chi connectivity index (χ4n) is 12.3. The van der Waals surface area contributed by atoms with Gasteiger partial charge in [-0.05, 0) is 189 Å². The standard InChI is InChI=1S/C77H36F3N11/c1-44-28-54(77(78,79)80)12-18-59(44)64-22-16-58(90-72-24-8-48(61-19-13-55(86-2)31-52(61)42-84)33-67(72)68-36-50(11-25-73(68)90)63-21-15-57(88-4)37-71(63)89-5)38-65(64)66-30-46(40-82)7-23-74(66)91-75-26-9-47(60-17-6-45(39-81)29-51(60)41-83)34-69(75)70-35-49(10-27-76(70)91)62-20-14-56(87-3)32-53(62)43-85/h6-38H,1H3. The van der Waals surface area contributed by atoms with E-state index in [0.29, 0.717) is 128 Å². The van der Waals surface area contributed by atoms with Crippen LogP contribution >= 0.6 is 0 Å². The number of halogens is 3. The van der Waals surface area contributed by atoms with Gasteiger partial charge in [0, 0.05) is 43.9 Å². The van der Waals surface area contributed by atoms with Crippen molar-refractivity contribution in [2.75, 3.05) is 0 Å². The van der Waals surface area contributed by atoms with Gasteiger partial charge in [0.05, 0.1) is 107 Å². The van der Waals surface area contributed by atoms with E-state index in [1.165, 1.54) is 18.2 Å². The number of benzene rings is 11. The summed E-state index contributed by atoms with van der Waals surface area (Å²) in [7, 11) is 0. The first-order valence-electron chi connectivity index (χ1n) is 27.9. The van der Waals surface area contributed by atoms with Crippen molar-refractivity contribution in [1.29, 1.82) is 26.3 Å². The van der Waals surface area contributed by atoms with Gasteiger partial charge >= 0.3 is 6.18 Å². The Balaban J connectivity index is 1.11. The molecule has 0 aliphatic rings. The topological polar surface area (TPSA) is 146 Å². The molecule has 0 unspecified atom stereocenters. The average Bonchev–Trinajstić information content (AvgIpc) is 1.68. The quantitative estimate of drug-likeness (QED) is 0.139. The first-order chi connectivity index (χ1) is 44.2. The highest BCUT2D eigenvalue weighted by atomic mass is 19.4. The summed E-state index contributed by atoms with van der Waals surface area (Å²) in [6, 6.07) is 68.7. The maximum Gasteiger partial charge on any atom is 0.416 e. The van der Waals surface area contributed by atoms with Crippen LogP contribution < -0.4 is 0 Å². The molecule has 13 rings (SSSR count). The van der Waals surface area contributed by atoms with Crippen molar-refractivity contribution < 1.29 is 13.2 Å². The van der Waals surface area contributed by atoms with E-state index in [1.807, 2.05) is 102 Å². The zero-order valence-electron chi connectivity index (χ0n) is 47.6. The minimum Gasteiger partial charge on any atom is -0.309 e. The summed E-state index contributed by atoms with van der Waals surface area (Å²) in [6.45, 7) is 32.6. The molecule has 0 amide bonds. The number of aromatic nitrogens is 2. The lowest BCUT2D eigenvalue weighted by molar-refractivity contribution is -0.137. The van der Waals surface area contributed by atoms with Crippen LogP contribution in [0.2, 0.25) is 0 Å². The van der Waals surface area contributed by atoms with Crippen LogP contribution in [-0.4, -0.2) is 9.13 Å². The summed E-state index contributed by atoms with van der Waals surface area (Å²) in [4.78, 5) is 14.4. The van der Waals surface area contributed by atoms with Gasteiger partial charge in [-0.15, -0.1) is 0 Å². The molecule has 0 fully saturated rings. The van der Waals surface area contributed by atoms with Crippen LogP contribution in [0.4, 0.5) is 35.9 Å². The maximum atomic E-state index is 14.5. The van der Waals surface area contributed by atoms with E-state index in [9.17, 15) is 39.5 Å². The van der Waals surface area contributed by atoms with Crippen molar-refractivity contribution in [2.45, 2.75) is 13.1 Å². The van der Waals surface area contributed by atoms with Crippen molar-refractivity contribution in [3.63, 3.8) is 0 Å². The molecule has 0 aliphatic heterocycles. The highest BCUT2D eigenvalue weighted by Gasteiger charge is 2.31. The van der Waals surface area contributed by atoms with Gasteiger partial charge in [-0.3, -0.25) is 0 Å². The zero-order chi connectivity index (χ0) is 63.4. The van der Waals surface area contributed by atoms with Crippen LogP contribution in [-0.2, 0) is 6.18 Å². The minimum atomic E-state index is -4.64. The molecule has 13 aromatic rings. The van der Waals surface area contributed by atoms with Crippen LogP contribution in [0.25, 0.3) is 141 Å². The minimum absolute atomic E-state index is 0.280. The lowest BCUT2D eigenvalue weighted by Gasteiger charge is -2.21. The van der Waals surface area contributed by atoms with Crippen molar-refractivity contribution >= 4 is 66.4 Å². The van der Waals surface area contributed by atoms with Gasteiger partial charge in [-0.1, -0.05) is 84.9 Å². The van der Waals surface area contributed by atoms with Crippen LogP contribution in [0.1, 0.15) is 38.9 Å². The molecular weight excluding hydrogens is 1140 g/mol. The number of fused-ring (bicyclic) bond motifs is 6. The molecule has 0 N–H and O–H groups in total. The smallest absolute Gasteiger partial charge is 0.309 e. The second-order valence-corrected chi connectivity index (χ2v) is 21.5. The molecule has 14 heteroatoms. The third-order valence-electron chi connectivity index (χ3n) is 16.5. The Hall–Kier alpha value is -13.8. The van der Waals surface area contributed by atoms with Gasteiger partial charge in [-0.2, -0.15) is 39.5 Å². The van der Waals surface area contributed by atoms with Crippen LogP contribution in [0.5, 0.6) is 0 Å². The van der Waals surface area contributed by atoms with Crippen molar-refractivity contribution in [3.8, 4) is 108 Å². The molecule has 420 valence electrons. The summed E-state index contributed by atoms with van der Waals surface area (Å²) < 4.78 is 47.6. The van der Waals surface area contributed by atoms with E-state index in [-0.39, 0.29) is 16.8 Å². The number of hydrogen-bond donors (Lipinski definition) is 0. The van der Waals surface area contributed by atoms with Gasteiger partial charge in [0.2, 0.25) is 0 Å². The third kappa shape index (κ3) is 9.59. The summed E-state index contributed by atoms with van der Waals surface area (Å²) in [5.74, 6) is 0. The number of nitriles is 5. The van der Waals surface area contributed by atoms with Crippen molar-refractivity contribution in [1.82, 2.24) is 9.13 Å². The number of alkyl halides is 3. The molecule has 11 nitrogen and oxygen atoms in total. The summed E-state index contributed by atoms with van der Waals surface area (Å²) >= 11 is 0. The second kappa shape index (κ2) is 22.3. The van der Waals surface area contributed by atoms with Gasteiger partial charge < -0.3 is 9.13 Å². The Labute approximate surface area is 518 Å². The Morgan fingerprint density at radius 3 is 1.25 bits per heavy atom. The monoisotopic (exact) mass is 1170 g/mol. The maximum absolute atomic E-state index is 14.5. The van der Waals surface area contributed by atoms with Gasteiger partial charge in [0.25, 0.3) is 0 Å². The van der Waals surface area contributed by atoms with E-state index in [1.54, 1.807) is 79.7 Å². The predicted molar refractivity (Wildman–Crippen MR) is 346 cm³/mol. The fraction of sp³-hybridized carbons (Fsp3) is 0.0260. The summed E-state index contributed by atoms with van der Waals surface area (Å²) in [6.07, 6.45) is -4.64. The molecular formula is C77H36F3N11. The number of rotatable bonds is 8. The van der Waals surface area contributed by atoms with E-state index in [0.717, 1.165) is 44.7 Å². The van der Waals surface area contributed by atoms with E-state index >= 15 is 0 Å². The molecule has 0 spiro atoms. The molecule has 91 heavy (non-hydrogen) atoms. The lowest BCUT2D eigenvalue weighted by atomic mass is 9.89. The Morgan fingerprint density at radius 2 is 0.780 bits per heavy atom. The summed E-state index contributed by atoms with van der Waals surface area (Å²) in [5.41, 5.74) is 13.4. The Bertz CT molecular complexity index is 5530. The molecule has 0 saturated carbocycles. The molecule has 11 aromatic carbocycles. The van der Waals surface area contributed by atoms with Crippen molar-refractivity contribution in [3.05, 3.63) is 285 Å². The summed E-state index contributed by atoms with van der Waals surface area (Å²) in [5, 5.41) is 54.6. The Kier molecular flexibility index (Phi) is 13.8. The fourth-order valence-corrected chi connectivity index (χ4v) is 12.3. The highest BCUT2D eigenvalue weighted by Crippen LogP contribution is 2.47. The molecule has 2 aromatic heterocycles. The molecule has 0 bridgehead atoms. The predicted octanol–water partition coefficient (Wildman–Crippen LogP) is 20.8. The van der Waals surface area contributed by atoms with Gasteiger partial charge in [-0.25, -0.2) is 19.4 Å². The molecule has 0 aliphatic carbocycles. The molecule has 0 saturated heterocycles. The second-order valence-electron chi connectivity index (χ2n) is 21.5. The van der Waals surface area contributed by atoms with E-state index in [2.05, 4.69) is 54.3 Å². The molecule has 0 radical (unpaired) electrons. The van der Waals surface area contributed by atoms with Crippen LogP contribution in [0, 0.1) is 89.9 Å². The van der Waals surface area contributed by atoms with Gasteiger partial charge in [0.1, 0.15) is 0 Å². The van der Waals surface area contributed by atoms with E-state index < -0.39 is 11.7 Å². The normalized spacial score (nSPS) is 11.0. The number of aryl methyl sites for hydroxylation is 1. The lowest BCUT2D eigenvalue weighted by Crippen LogP contribution is -2.05. The van der Waals surface area contributed by atoms with Gasteiger partial charge in [0.15, 0.2) is 22.7 Å². The number of nitrogens with zero attached hydrogens (tertiary/aromatic N) is 11.